The third-order valence-electron chi connectivity index (χ3n) is 3.88. The lowest BCUT2D eigenvalue weighted by molar-refractivity contribution is 0.577. The van der Waals surface area contributed by atoms with Gasteiger partial charge in [0.1, 0.15) is 5.82 Å². The summed E-state index contributed by atoms with van der Waals surface area (Å²) in [4.78, 5) is 7.30. The largest absolute Gasteiger partial charge is 0.354 e. The maximum Gasteiger partial charge on any atom is 0.129 e. The van der Waals surface area contributed by atoms with Crippen molar-refractivity contribution in [2.24, 2.45) is 0 Å². The molecule has 0 aliphatic heterocycles. The molecule has 0 radical (unpaired) electrons. The molecule has 1 aromatic rings. The fourth-order valence-corrected chi connectivity index (χ4v) is 2.86. The summed E-state index contributed by atoms with van der Waals surface area (Å²) in [5.74, 6) is 1.15. The number of hydrogen-bond donors (Lipinski definition) is 1. The van der Waals surface area contributed by atoms with Crippen LogP contribution in [0.3, 0.4) is 0 Å². The van der Waals surface area contributed by atoms with Crippen molar-refractivity contribution < 1.29 is 0 Å². The third-order valence-corrected chi connectivity index (χ3v) is 3.88. The lowest BCUT2D eigenvalue weighted by atomic mass is 10.2. The average molecular weight is 261 g/mol. The van der Waals surface area contributed by atoms with E-state index < -0.39 is 0 Å². The molecule has 1 heterocycles. The molecular formula is C16H27N3. The first-order chi connectivity index (χ1) is 9.20. The molecule has 0 amide bonds. The molecule has 1 fully saturated rings. The fourth-order valence-electron chi connectivity index (χ4n) is 2.86. The van der Waals surface area contributed by atoms with Crippen molar-refractivity contribution >= 4 is 5.82 Å². The predicted octanol–water partition coefficient (Wildman–Crippen LogP) is 3.35. The number of nitrogens with one attached hydrogen (secondary N) is 1. The van der Waals surface area contributed by atoms with Crippen LogP contribution in [-0.4, -0.2) is 23.6 Å². The standard InChI is InChI=1S/C16H27N3/c1-4-19(15-9-5-6-10-15)16-11-7-8-14(18-16)12-17-13(2)3/h7-8,11,13,15,17H,4-6,9-10,12H2,1-3H3. The van der Waals surface area contributed by atoms with Gasteiger partial charge in [0.25, 0.3) is 0 Å². The highest BCUT2D eigenvalue weighted by Crippen LogP contribution is 2.26. The first kappa shape index (κ1) is 14.3. The Morgan fingerprint density at radius 2 is 2.05 bits per heavy atom. The Morgan fingerprint density at radius 1 is 1.32 bits per heavy atom. The Kier molecular flexibility index (Phi) is 5.20. The second-order valence-electron chi connectivity index (χ2n) is 5.75. The average Bonchev–Trinajstić information content (AvgIpc) is 2.92. The summed E-state index contributed by atoms with van der Waals surface area (Å²) >= 11 is 0. The topological polar surface area (TPSA) is 28.2 Å². The summed E-state index contributed by atoms with van der Waals surface area (Å²) in [6, 6.07) is 7.60. The maximum atomic E-state index is 4.82. The van der Waals surface area contributed by atoms with Crippen LogP contribution in [-0.2, 0) is 6.54 Å². The Hall–Kier alpha value is -1.09. The molecule has 0 bridgehead atoms. The SMILES string of the molecule is CCN(c1cccc(CNC(C)C)n1)C1CCCC1. The van der Waals surface area contributed by atoms with Crippen LogP contribution in [0.1, 0.15) is 52.1 Å². The summed E-state index contributed by atoms with van der Waals surface area (Å²) in [6.45, 7) is 8.48. The van der Waals surface area contributed by atoms with Crippen molar-refractivity contribution in [1.82, 2.24) is 10.3 Å². The minimum atomic E-state index is 0.502. The second-order valence-corrected chi connectivity index (χ2v) is 5.75. The van der Waals surface area contributed by atoms with Crippen LogP contribution in [0.15, 0.2) is 18.2 Å². The highest BCUT2D eigenvalue weighted by atomic mass is 15.2. The van der Waals surface area contributed by atoms with E-state index in [9.17, 15) is 0 Å². The van der Waals surface area contributed by atoms with Gasteiger partial charge in [-0.1, -0.05) is 32.8 Å². The van der Waals surface area contributed by atoms with E-state index in [2.05, 4.69) is 49.2 Å². The van der Waals surface area contributed by atoms with E-state index in [1.165, 1.54) is 25.7 Å². The van der Waals surface area contributed by atoms with E-state index in [1.54, 1.807) is 0 Å². The van der Waals surface area contributed by atoms with Gasteiger partial charge in [-0.3, -0.25) is 0 Å². The van der Waals surface area contributed by atoms with Gasteiger partial charge in [-0.15, -0.1) is 0 Å². The highest BCUT2D eigenvalue weighted by Gasteiger charge is 2.22. The number of anilines is 1. The quantitative estimate of drug-likeness (QED) is 0.851. The van der Waals surface area contributed by atoms with Gasteiger partial charge in [-0.05, 0) is 31.9 Å². The maximum absolute atomic E-state index is 4.82. The van der Waals surface area contributed by atoms with Gasteiger partial charge in [-0.2, -0.15) is 0 Å². The molecule has 1 aromatic heterocycles. The van der Waals surface area contributed by atoms with Crippen molar-refractivity contribution in [2.75, 3.05) is 11.4 Å². The fraction of sp³-hybridized carbons (Fsp3) is 0.688. The molecule has 1 N–H and O–H groups in total. The molecule has 0 atom stereocenters. The second kappa shape index (κ2) is 6.90. The van der Waals surface area contributed by atoms with Crippen molar-refractivity contribution in [3.05, 3.63) is 23.9 Å². The van der Waals surface area contributed by atoms with Crippen LogP contribution in [0.25, 0.3) is 0 Å². The number of rotatable bonds is 6. The minimum Gasteiger partial charge on any atom is -0.354 e. The lowest BCUT2D eigenvalue weighted by Crippen LogP contribution is -2.34. The Balaban J connectivity index is 2.07. The van der Waals surface area contributed by atoms with Crippen molar-refractivity contribution in [1.29, 1.82) is 0 Å². The van der Waals surface area contributed by atoms with E-state index in [4.69, 9.17) is 4.98 Å². The first-order valence-electron chi connectivity index (χ1n) is 7.66. The van der Waals surface area contributed by atoms with Gasteiger partial charge in [0.05, 0.1) is 5.69 Å². The first-order valence-corrected chi connectivity index (χ1v) is 7.66. The third kappa shape index (κ3) is 3.93. The Bertz CT molecular complexity index is 383. The van der Waals surface area contributed by atoms with Crippen molar-refractivity contribution in [3.63, 3.8) is 0 Å². The van der Waals surface area contributed by atoms with Gasteiger partial charge in [0.2, 0.25) is 0 Å². The number of aromatic nitrogens is 1. The molecular weight excluding hydrogens is 234 g/mol. The van der Waals surface area contributed by atoms with Crippen LogP contribution >= 0.6 is 0 Å². The van der Waals surface area contributed by atoms with Gasteiger partial charge in [0, 0.05) is 25.2 Å². The van der Waals surface area contributed by atoms with E-state index in [-0.39, 0.29) is 0 Å². The molecule has 2 rings (SSSR count). The lowest BCUT2D eigenvalue weighted by Gasteiger charge is -2.29. The molecule has 19 heavy (non-hydrogen) atoms. The van der Waals surface area contributed by atoms with Crippen LogP contribution < -0.4 is 10.2 Å². The van der Waals surface area contributed by atoms with E-state index >= 15 is 0 Å². The smallest absolute Gasteiger partial charge is 0.129 e. The normalized spacial score (nSPS) is 16.2. The summed E-state index contributed by atoms with van der Waals surface area (Å²) in [7, 11) is 0. The van der Waals surface area contributed by atoms with E-state index in [0.29, 0.717) is 12.1 Å². The summed E-state index contributed by atoms with van der Waals surface area (Å²) < 4.78 is 0. The van der Waals surface area contributed by atoms with Gasteiger partial charge < -0.3 is 10.2 Å². The Labute approximate surface area is 117 Å². The number of nitrogens with zero attached hydrogens (tertiary/aromatic N) is 2. The highest BCUT2D eigenvalue weighted by molar-refractivity contribution is 5.40. The monoisotopic (exact) mass is 261 g/mol. The molecule has 3 nitrogen and oxygen atoms in total. The molecule has 1 aliphatic rings. The molecule has 0 spiro atoms. The zero-order valence-electron chi connectivity index (χ0n) is 12.5. The summed E-state index contributed by atoms with van der Waals surface area (Å²) in [5, 5.41) is 3.43. The van der Waals surface area contributed by atoms with Crippen LogP contribution in [0.2, 0.25) is 0 Å². The Morgan fingerprint density at radius 3 is 2.68 bits per heavy atom. The van der Waals surface area contributed by atoms with Crippen molar-refractivity contribution in [3.8, 4) is 0 Å². The molecule has 1 saturated carbocycles. The molecule has 0 saturated heterocycles. The molecule has 1 aliphatic carbocycles. The van der Waals surface area contributed by atoms with Crippen LogP contribution in [0.4, 0.5) is 5.82 Å². The summed E-state index contributed by atoms with van der Waals surface area (Å²) in [6.07, 6.45) is 5.39. The van der Waals surface area contributed by atoms with Crippen molar-refractivity contribution in [2.45, 2.75) is 65.1 Å². The van der Waals surface area contributed by atoms with Crippen LogP contribution in [0, 0.1) is 0 Å². The van der Waals surface area contributed by atoms with Gasteiger partial charge in [-0.25, -0.2) is 4.98 Å². The minimum absolute atomic E-state index is 0.502. The van der Waals surface area contributed by atoms with Crippen LogP contribution in [0.5, 0.6) is 0 Å². The zero-order valence-corrected chi connectivity index (χ0v) is 12.5. The predicted molar refractivity (Wildman–Crippen MR) is 81.5 cm³/mol. The van der Waals surface area contributed by atoms with Gasteiger partial charge in [0.15, 0.2) is 0 Å². The van der Waals surface area contributed by atoms with E-state index in [0.717, 1.165) is 24.6 Å². The number of hydrogen-bond acceptors (Lipinski definition) is 3. The molecule has 0 unspecified atom stereocenters. The van der Waals surface area contributed by atoms with E-state index in [1.807, 2.05) is 0 Å². The summed E-state index contributed by atoms with van der Waals surface area (Å²) in [5.41, 5.74) is 1.14. The number of pyridine rings is 1. The zero-order chi connectivity index (χ0) is 13.7. The van der Waals surface area contributed by atoms with Gasteiger partial charge >= 0.3 is 0 Å². The molecule has 0 aromatic carbocycles. The molecule has 3 heteroatoms. The molecule has 106 valence electrons.